The molecule has 12 heteroatoms. The van der Waals surface area contributed by atoms with Gasteiger partial charge in [-0.05, 0) is 29.8 Å². The number of nitro groups is 1. The first-order valence-electron chi connectivity index (χ1n) is 9.73. The van der Waals surface area contributed by atoms with Crippen LogP contribution >= 0.6 is 34.8 Å². The van der Waals surface area contributed by atoms with Crippen molar-refractivity contribution in [1.82, 2.24) is 9.78 Å². The quantitative estimate of drug-likeness (QED) is 0.217. The van der Waals surface area contributed by atoms with E-state index in [1.165, 1.54) is 30.3 Å². The Hall–Kier alpha value is -3.53. The number of amides is 1. The number of non-ortho nitro benzene ring substituents is 1. The summed E-state index contributed by atoms with van der Waals surface area (Å²) in [7, 11) is 0. The van der Waals surface area contributed by atoms with Gasteiger partial charge in [0.25, 0.3) is 11.6 Å². The van der Waals surface area contributed by atoms with Gasteiger partial charge >= 0.3 is 0 Å². The molecule has 4 aromatic rings. The summed E-state index contributed by atoms with van der Waals surface area (Å²) in [5.74, 6) is 0.0264. The summed E-state index contributed by atoms with van der Waals surface area (Å²) in [6, 6.07) is 14.2. The zero-order chi connectivity index (χ0) is 24.2. The molecule has 0 saturated carbocycles. The largest absolute Gasteiger partial charge is 0.484 e. The molecule has 9 nitrogen and oxygen atoms in total. The van der Waals surface area contributed by atoms with Crippen molar-refractivity contribution < 1.29 is 18.9 Å². The molecule has 0 fully saturated rings. The SMILES string of the molecule is O=C(Nc1nn(Cc2ccccc2Cl)cc1Cl)c1ccc(COc2cc([N+](=O)[O-])ccc2Cl)o1. The van der Waals surface area contributed by atoms with Crippen molar-refractivity contribution in [2.75, 3.05) is 5.32 Å². The normalized spacial score (nSPS) is 10.8. The number of benzene rings is 2. The minimum Gasteiger partial charge on any atom is -0.484 e. The molecule has 0 spiro atoms. The van der Waals surface area contributed by atoms with Crippen LogP contribution in [0.15, 0.2) is 65.2 Å². The first-order valence-corrected chi connectivity index (χ1v) is 10.9. The molecule has 2 aromatic carbocycles. The van der Waals surface area contributed by atoms with Crippen molar-refractivity contribution in [3.63, 3.8) is 0 Å². The highest BCUT2D eigenvalue weighted by Gasteiger charge is 2.17. The van der Waals surface area contributed by atoms with Crippen LogP contribution in [0.5, 0.6) is 5.75 Å². The van der Waals surface area contributed by atoms with Gasteiger partial charge in [0.1, 0.15) is 23.1 Å². The number of furan rings is 1. The number of aromatic nitrogens is 2. The molecule has 0 aliphatic rings. The first-order chi connectivity index (χ1) is 16.3. The van der Waals surface area contributed by atoms with Gasteiger partial charge in [0.2, 0.25) is 0 Å². The van der Waals surface area contributed by atoms with Crippen molar-refractivity contribution in [3.8, 4) is 5.75 Å². The molecule has 0 radical (unpaired) electrons. The second-order valence-corrected chi connectivity index (χ2v) is 8.22. The molecular formula is C22H15Cl3N4O5. The second kappa shape index (κ2) is 10.2. The molecule has 0 aliphatic carbocycles. The molecule has 2 heterocycles. The van der Waals surface area contributed by atoms with Crippen LogP contribution in [0.1, 0.15) is 21.9 Å². The summed E-state index contributed by atoms with van der Waals surface area (Å²) in [6.45, 7) is 0.277. The maximum atomic E-state index is 12.6. The molecule has 1 amide bonds. The molecule has 34 heavy (non-hydrogen) atoms. The smallest absolute Gasteiger partial charge is 0.292 e. The van der Waals surface area contributed by atoms with Crippen LogP contribution in [0.4, 0.5) is 11.5 Å². The Morgan fingerprint density at radius 2 is 1.88 bits per heavy atom. The van der Waals surface area contributed by atoms with Crippen LogP contribution < -0.4 is 10.1 Å². The lowest BCUT2D eigenvalue weighted by atomic mass is 10.2. The Kier molecular flexibility index (Phi) is 7.06. The van der Waals surface area contributed by atoms with Crippen LogP contribution in [0.25, 0.3) is 0 Å². The molecule has 2 aromatic heterocycles. The van der Waals surface area contributed by atoms with Crippen LogP contribution in [-0.4, -0.2) is 20.6 Å². The van der Waals surface area contributed by atoms with Crippen LogP contribution in [0.2, 0.25) is 15.1 Å². The van der Waals surface area contributed by atoms with E-state index in [2.05, 4.69) is 10.4 Å². The highest BCUT2D eigenvalue weighted by Crippen LogP contribution is 2.30. The van der Waals surface area contributed by atoms with E-state index in [9.17, 15) is 14.9 Å². The van der Waals surface area contributed by atoms with E-state index in [0.29, 0.717) is 17.3 Å². The van der Waals surface area contributed by atoms with E-state index in [0.717, 1.165) is 5.56 Å². The van der Waals surface area contributed by atoms with Gasteiger partial charge in [0.05, 0.1) is 22.6 Å². The average Bonchev–Trinajstić information content (AvgIpc) is 3.41. The van der Waals surface area contributed by atoms with Gasteiger partial charge in [0, 0.05) is 17.3 Å². The van der Waals surface area contributed by atoms with Gasteiger partial charge < -0.3 is 14.5 Å². The minimum absolute atomic E-state index is 0.000426. The van der Waals surface area contributed by atoms with Crippen molar-refractivity contribution in [1.29, 1.82) is 0 Å². The topological polar surface area (TPSA) is 112 Å². The summed E-state index contributed by atoms with van der Waals surface area (Å²) in [4.78, 5) is 22.9. The van der Waals surface area contributed by atoms with Crippen LogP contribution in [0, 0.1) is 10.1 Å². The lowest BCUT2D eigenvalue weighted by molar-refractivity contribution is -0.384. The molecule has 0 atom stereocenters. The summed E-state index contributed by atoms with van der Waals surface area (Å²) >= 11 is 18.4. The number of nitro benzene ring substituents is 1. The number of carbonyl (C=O) groups excluding carboxylic acids is 1. The molecule has 174 valence electrons. The fraction of sp³-hybridized carbons (Fsp3) is 0.0909. The number of nitrogens with one attached hydrogen (secondary N) is 1. The monoisotopic (exact) mass is 520 g/mol. The van der Waals surface area contributed by atoms with Crippen molar-refractivity contribution in [2.45, 2.75) is 13.2 Å². The van der Waals surface area contributed by atoms with Crippen molar-refractivity contribution >= 4 is 52.2 Å². The summed E-state index contributed by atoms with van der Waals surface area (Å²) in [6.07, 6.45) is 1.57. The Labute approximate surface area is 207 Å². The molecule has 4 rings (SSSR count). The van der Waals surface area contributed by atoms with Crippen LogP contribution in [0.3, 0.4) is 0 Å². The summed E-state index contributed by atoms with van der Waals surface area (Å²) in [5.41, 5.74) is 0.686. The third kappa shape index (κ3) is 5.51. The van der Waals surface area contributed by atoms with E-state index in [4.69, 9.17) is 44.0 Å². The third-order valence-electron chi connectivity index (χ3n) is 4.62. The van der Waals surface area contributed by atoms with Gasteiger partial charge in [-0.3, -0.25) is 19.6 Å². The third-order valence-corrected chi connectivity index (χ3v) is 5.58. The average molecular weight is 522 g/mol. The lowest BCUT2D eigenvalue weighted by Gasteiger charge is -2.06. The van der Waals surface area contributed by atoms with E-state index in [1.54, 1.807) is 16.9 Å². The predicted octanol–water partition coefficient (Wildman–Crippen LogP) is 6.22. The second-order valence-electron chi connectivity index (χ2n) is 7.00. The molecule has 0 unspecified atom stereocenters. The van der Waals surface area contributed by atoms with Gasteiger partial charge in [0.15, 0.2) is 11.6 Å². The minimum atomic E-state index is -0.565. The maximum Gasteiger partial charge on any atom is 0.292 e. The number of anilines is 1. The number of rotatable bonds is 8. The van der Waals surface area contributed by atoms with Gasteiger partial charge in [-0.15, -0.1) is 0 Å². The molecule has 1 N–H and O–H groups in total. The number of halogens is 3. The van der Waals surface area contributed by atoms with Crippen molar-refractivity contribution in [2.24, 2.45) is 0 Å². The highest BCUT2D eigenvalue weighted by molar-refractivity contribution is 6.33. The fourth-order valence-electron chi connectivity index (χ4n) is 2.98. The van der Waals surface area contributed by atoms with Gasteiger partial charge in [-0.1, -0.05) is 53.0 Å². The first kappa shape index (κ1) is 23.6. The highest BCUT2D eigenvalue weighted by atomic mass is 35.5. The van der Waals surface area contributed by atoms with Crippen molar-refractivity contribution in [3.05, 3.63) is 103 Å². The maximum absolute atomic E-state index is 12.6. The Bertz CT molecular complexity index is 1370. The predicted molar refractivity (Wildman–Crippen MR) is 127 cm³/mol. The summed E-state index contributed by atoms with van der Waals surface area (Å²) in [5, 5.41) is 18.8. The number of hydrogen-bond donors (Lipinski definition) is 1. The van der Waals surface area contributed by atoms with Crippen LogP contribution in [-0.2, 0) is 13.2 Å². The molecular weight excluding hydrogens is 507 g/mol. The van der Waals surface area contributed by atoms with Gasteiger partial charge in [-0.25, -0.2) is 0 Å². The Balaban J connectivity index is 1.39. The lowest BCUT2D eigenvalue weighted by Crippen LogP contribution is -2.12. The molecule has 0 aliphatic heterocycles. The van der Waals surface area contributed by atoms with Gasteiger partial charge in [-0.2, -0.15) is 5.10 Å². The Morgan fingerprint density at radius 1 is 1.09 bits per heavy atom. The van der Waals surface area contributed by atoms with E-state index in [-0.39, 0.29) is 39.7 Å². The molecule has 0 saturated heterocycles. The number of ether oxygens (including phenoxy) is 1. The van der Waals surface area contributed by atoms with E-state index < -0.39 is 10.8 Å². The number of hydrogen-bond acceptors (Lipinski definition) is 6. The standard InChI is InChI=1S/C22H15Cl3N4O5/c23-16-4-2-1-3-13(16)10-28-11-18(25)21(27-28)26-22(30)19-8-6-15(34-19)12-33-20-9-14(29(31)32)5-7-17(20)24/h1-9,11H,10,12H2,(H,26,27,30). The fourth-order valence-corrected chi connectivity index (χ4v) is 3.54. The zero-order valence-electron chi connectivity index (χ0n) is 17.2. The number of carbonyl (C=O) groups is 1. The number of nitrogens with zero attached hydrogens (tertiary/aromatic N) is 3. The van der Waals surface area contributed by atoms with E-state index in [1.807, 2.05) is 18.2 Å². The summed E-state index contributed by atoms with van der Waals surface area (Å²) < 4.78 is 12.6. The van der Waals surface area contributed by atoms with E-state index >= 15 is 0 Å². The molecule has 0 bridgehead atoms. The Morgan fingerprint density at radius 3 is 2.65 bits per heavy atom. The zero-order valence-corrected chi connectivity index (χ0v) is 19.5.